The predicted octanol–water partition coefficient (Wildman–Crippen LogP) is 4.08. The maximum Gasteiger partial charge on any atom is 0.416 e. The molecule has 1 amide bonds. The van der Waals surface area contributed by atoms with Crippen LogP contribution in [0, 0.1) is 12.3 Å². The van der Waals surface area contributed by atoms with Gasteiger partial charge < -0.3 is 19.8 Å². The zero-order chi connectivity index (χ0) is 22.6. The highest BCUT2D eigenvalue weighted by Gasteiger charge is 2.30. The molecule has 162 valence electrons. The van der Waals surface area contributed by atoms with Gasteiger partial charge in [0.1, 0.15) is 11.6 Å². The smallest absolute Gasteiger partial charge is 0.416 e. The summed E-state index contributed by atoms with van der Waals surface area (Å²) in [5.41, 5.74) is 0.0648. The van der Waals surface area contributed by atoms with Crippen LogP contribution in [0.15, 0.2) is 48.7 Å². The average molecular weight is 432 g/mol. The molecular weight excluding hydrogens is 413 g/mol. The van der Waals surface area contributed by atoms with Crippen LogP contribution in [0.25, 0.3) is 0 Å². The lowest BCUT2D eigenvalue weighted by molar-refractivity contribution is -0.137. The van der Waals surface area contributed by atoms with Gasteiger partial charge in [0, 0.05) is 12.1 Å². The number of hydrogen-bond donors (Lipinski definition) is 3. The summed E-state index contributed by atoms with van der Waals surface area (Å²) < 4.78 is 49.1. The van der Waals surface area contributed by atoms with Crippen LogP contribution in [0.3, 0.4) is 0 Å². The molecule has 0 radical (unpaired) electrons. The molecule has 10 heteroatoms. The van der Waals surface area contributed by atoms with Crippen LogP contribution in [-0.4, -0.2) is 28.9 Å². The third-order valence-corrected chi connectivity index (χ3v) is 4.31. The van der Waals surface area contributed by atoms with Crippen LogP contribution in [0.1, 0.15) is 32.9 Å². The number of carbonyl (C=O) groups excluding carboxylic acids is 1. The minimum absolute atomic E-state index is 0.0784. The van der Waals surface area contributed by atoms with E-state index in [-0.39, 0.29) is 29.6 Å². The summed E-state index contributed by atoms with van der Waals surface area (Å²) in [6.07, 6.45) is -3.02. The molecule has 0 atom stereocenters. The number of rotatable bonds is 6. The van der Waals surface area contributed by atoms with Crippen molar-refractivity contribution in [2.45, 2.75) is 19.6 Å². The second-order valence-corrected chi connectivity index (χ2v) is 6.56. The highest BCUT2D eigenvalue weighted by molar-refractivity contribution is 5.99. The van der Waals surface area contributed by atoms with Crippen molar-refractivity contribution >= 4 is 11.8 Å². The molecule has 0 spiro atoms. The Morgan fingerprint density at radius 3 is 2.65 bits per heavy atom. The molecule has 3 aromatic rings. The standard InChI is InChI=1S/C21H19F3N4O3/c1-12-26-11-18(28-12)31-19(25)16-7-6-14(9-17(16)30-2)20(29)27-10-13-4-3-5-15(8-13)21(22,23)24/h3-9,11,25H,10H2,1-2H3,(H,26,28)(H,27,29). The van der Waals surface area contributed by atoms with Gasteiger partial charge in [0.05, 0.1) is 24.4 Å². The van der Waals surface area contributed by atoms with E-state index in [1.165, 1.54) is 43.6 Å². The SMILES string of the molecule is COc1cc(C(=O)NCc2cccc(C(F)(F)F)c2)ccc1C(=N)Oc1cnc(C)[nH]1. The van der Waals surface area contributed by atoms with Gasteiger partial charge in [0.15, 0.2) is 0 Å². The summed E-state index contributed by atoms with van der Waals surface area (Å²) in [6, 6.07) is 9.12. The van der Waals surface area contributed by atoms with Gasteiger partial charge in [-0.2, -0.15) is 13.2 Å². The number of alkyl halides is 3. The fourth-order valence-electron chi connectivity index (χ4n) is 2.78. The zero-order valence-corrected chi connectivity index (χ0v) is 16.6. The molecule has 3 N–H and O–H groups in total. The van der Waals surface area contributed by atoms with Crippen molar-refractivity contribution in [2.75, 3.05) is 7.11 Å². The number of hydrogen-bond acceptors (Lipinski definition) is 5. The summed E-state index contributed by atoms with van der Waals surface area (Å²) in [5.74, 6) is 0.429. The van der Waals surface area contributed by atoms with Crippen LogP contribution >= 0.6 is 0 Å². The number of carbonyl (C=O) groups is 1. The highest BCUT2D eigenvalue weighted by Crippen LogP contribution is 2.29. The number of H-pyrrole nitrogens is 1. The predicted molar refractivity (Wildman–Crippen MR) is 106 cm³/mol. The van der Waals surface area contributed by atoms with Gasteiger partial charge in [0.2, 0.25) is 11.8 Å². The fourth-order valence-corrected chi connectivity index (χ4v) is 2.78. The molecule has 1 heterocycles. The lowest BCUT2D eigenvalue weighted by Gasteiger charge is -2.12. The molecule has 3 rings (SSSR count). The number of nitrogens with zero attached hydrogens (tertiary/aromatic N) is 1. The molecular formula is C21H19F3N4O3. The Kier molecular flexibility index (Phi) is 6.28. The van der Waals surface area contributed by atoms with E-state index in [1.807, 2.05) is 0 Å². The van der Waals surface area contributed by atoms with Crippen molar-refractivity contribution in [1.29, 1.82) is 5.41 Å². The number of halogens is 3. The number of methoxy groups -OCH3 is 1. The number of amides is 1. The van der Waals surface area contributed by atoms with Crippen molar-refractivity contribution in [3.05, 3.63) is 76.7 Å². The summed E-state index contributed by atoms with van der Waals surface area (Å²) >= 11 is 0. The Bertz CT molecular complexity index is 1110. The molecule has 0 fully saturated rings. The lowest BCUT2D eigenvalue weighted by atomic mass is 10.1. The maximum absolute atomic E-state index is 12.8. The molecule has 0 aliphatic carbocycles. The van der Waals surface area contributed by atoms with Gasteiger partial charge in [-0.05, 0) is 42.8 Å². The second kappa shape index (κ2) is 8.90. The molecule has 0 bridgehead atoms. The quantitative estimate of drug-likeness (QED) is 0.404. The molecule has 7 nitrogen and oxygen atoms in total. The number of aryl methyl sites for hydroxylation is 1. The normalized spacial score (nSPS) is 11.1. The van der Waals surface area contributed by atoms with Gasteiger partial charge in [-0.15, -0.1) is 0 Å². The Morgan fingerprint density at radius 1 is 1.23 bits per heavy atom. The van der Waals surface area contributed by atoms with Crippen LogP contribution in [-0.2, 0) is 12.7 Å². The monoisotopic (exact) mass is 432 g/mol. The Hall–Kier alpha value is -3.82. The third kappa shape index (κ3) is 5.41. The minimum atomic E-state index is -4.45. The summed E-state index contributed by atoms with van der Waals surface area (Å²) in [7, 11) is 1.39. The number of aromatic amines is 1. The third-order valence-electron chi connectivity index (χ3n) is 4.31. The summed E-state index contributed by atoms with van der Waals surface area (Å²) in [5, 5.41) is 10.7. The second-order valence-electron chi connectivity index (χ2n) is 6.56. The first-order valence-electron chi connectivity index (χ1n) is 9.08. The molecule has 0 aliphatic heterocycles. The number of ether oxygens (including phenoxy) is 2. The number of imidazole rings is 1. The van der Waals surface area contributed by atoms with Crippen LogP contribution in [0.4, 0.5) is 13.2 Å². The molecule has 0 unspecified atom stereocenters. The van der Waals surface area contributed by atoms with Gasteiger partial charge in [0.25, 0.3) is 5.91 Å². The van der Waals surface area contributed by atoms with Crippen LogP contribution in [0.5, 0.6) is 11.6 Å². The van der Waals surface area contributed by atoms with E-state index in [0.29, 0.717) is 17.0 Å². The van der Waals surface area contributed by atoms with Crippen LogP contribution < -0.4 is 14.8 Å². The molecule has 1 aromatic heterocycles. The van der Waals surface area contributed by atoms with Gasteiger partial charge in [-0.25, -0.2) is 4.98 Å². The Morgan fingerprint density at radius 2 is 2.00 bits per heavy atom. The van der Waals surface area contributed by atoms with Crippen molar-refractivity contribution in [2.24, 2.45) is 0 Å². The largest absolute Gasteiger partial charge is 0.496 e. The van der Waals surface area contributed by atoms with Crippen LogP contribution in [0.2, 0.25) is 0 Å². The summed E-state index contributed by atoms with van der Waals surface area (Å²) in [4.78, 5) is 19.3. The van der Waals surface area contributed by atoms with E-state index < -0.39 is 17.6 Å². The first-order valence-corrected chi connectivity index (χ1v) is 9.08. The van der Waals surface area contributed by atoms with E-state index >= 15 is 0 Å². The number of nitrogens with one attached hydrogen (secondary N) is 3. The minimum Gasteiger partial charge on any atom is -0.496 e. The van der Waals surface area contributed by atoms with Crippen molar-refractivity contribution in [3.63, 3.8) is 0 Å². The fraction of sp³-hybridized carbons (Fsp3) is 0.190. The number of aromatic nitrogens is 2. The van der Waals surface area contributed by atoms with Crippen molar-refractivity contribution < 1.29 is 27.4 Å². The molecule has 2 aromatic carbocycles. The van der Waals surface area contributed by atoms with Crippen molar-refractivity contribution in [1.82, 2.24) is 15.3 Å². The van der Waals surface area contributed by atoms with E-state index in [1.54, 1.807) is 6.92 Å². The molecule has 0 saturated carbocycles. The van der Waals surface area contributed by atoms with E-state index in [4.69, 9.17) is 14.9 Å². The molecule has 31 heavy (non-hydrogen) atoms. The first-order chi connectivity index (χ1) is 14.7. The van der Waals surface area contributed by atoms with E-state index in [9.17, 15) is 18.0 Å². The maximum atomic E-state index is 12.8. The average Bonchev–Trinajstić information content (AvgIpc) is 3.15. The van der Waals surface area contributed by atoms with Gasteiger partial charge in [-0.1, -0.05) is 12.1 Å². The zero-order valence-electron chi connectivity index (χ0n) is 16.6. The van der Waals surface area contributed by atoms with Gasteiger partial charge in [-0.3, -0.25) is 10.2 Å². The van der Waals surface area contributed by atoms with Gasteiger partial charge >= 0.3 is 6.18 Å². The van der Waals surface area contributed by atoms with E-state index in [0.717, 1.165) is 12.1 Å². The topological polar surface area (TPSA) is 100 Å². The number of benzene rings is 2. The Balaban J connectivity index is 1.70. The van der Waals surface area contributed by atoms with E-state index in [2.05, 4.69) is 15.3 Å². The molecule has 0 aliphatic rings. The highest BCUT2D eigenvalue weighted by atomic mass is 19.4. The van der Waals surface area contributed by atoms with Crippen molar-refractivity contribution in [3.8, 4) is 11.6 Å². The summed E-state index contributed by atoms with van der Waals surface area (Å²) in [6.45, 7) is 1.66. The Labute approximate surface area is 175 Å². The lowest BCUT2D eigenvalue weighted by Crippen LogP contribution is -2.23. The molecule has 0 saturated heterocycles. The first kappa shape index (κ1) is 21.9.